The molecule has 5 aromatic rings. The third-order valence-electron chi connectivity index (χ3n) is 5.01. The zero-order chi connectivity index (χ0) is 21.9. The molecule has 0 saturated heterocycles. The molecule has 0 atom stereocenters. The Hall–Kier alpha value is -4.08. The molecule has 3 aromatic heterocycles. The molecule has 5 rings (SSSR count). The Morgan fingerprint density at radius 3 is 2.48 bits per heavy atom. The lowest BCUT2D eigenvalue weighted by Crippen LogP contribution is -2.20. The molecule has 156 valence electrons. The summed E-state index contributed by atoms with van der Waals surface area (Å²) in [5.74, 6) is 0.158. The van der Waals surface area contributed by atoms with Crippen LogP contribution in [-0.2, 0) is 6.18 Å². The van der Waals surface area contributed by atoms with Crippen molar-refractivity contribution in [3.05, 3.63) is 70.3 Å². The SMILES string of the molecule is Cc1nc2c(-c3ccccc3)c(C(F)(F)F)[nH]n2c(=O)c1-c1nc2ccc(O)cc2[nH]1. The van der Waals surface area contributed by atoms with Gasteiger partial charge in [0, 0.05) is 6.07 Å². The minimum absolute atomic E-state index is 0.0106. The lowest BCUT2D eigenvalue weighted by molar-refractivity contribution is -0.140. The Balaban J connectivity index is 1.83. The molecular formula is C21H14F3N5O2. The van der Waals surface area contributed by atoms with Crippen LogP contribution >= 0.6 is 0 Å². The normalized spacial score (nSPS) is 12.1. The lowest BCUT2D eigenvalue weighted by Gasteiger charge is -2.07. The second-order valence-corrected chi connectivity index (χ2v) is 7.05. The maximum Gasteiger partial charge on any atom is 0.433 e. The van der Waals surface area contributed by atoms with Crippen LogP contribution < -0.4 is 5.56 Å². The summed E-state index contributed by atoms with van der Waals surface area (Å²) in [6, 6.07) is 12.4. The number of nitrogens with one attached hydrogen (secondary N) is 2. The number of aromatic hydroxyl groups is 1. The summed E-state index contributed by atoms with van der Waals surface area (Å²) < 4.78 is 42.2. The third-order valence-corrected chi connectivity index (χ3v) is 5.01. The lowest BCUT2D eigenvalue weighted by atomic mass is 10.1. The fourth-order valence-electron chi connectivity index (χ4n) is 3.65. The average Bonchev–Trinajstić information content (AvgIpc) is 3.29. The van der Waals surface area contributed by atoms with E-state index in [1.807, 2.05) is 0 Å². The van der Waals surface area contributed by atoms with E-state index < -0.39 is 17.4 Å². The van der Waals surface area contributed by atoms with E-state index in [0.717, 1.165) is 4.52 Å². The van der Waals surface area contributed by atoms with Gasteiger partial charge in [-0.2, -0.15) is 17.7 Å². The van der Waals surface area contributed by atoms with E-state index in [4.69, 9.17) is 0 Å². The molecule has 3 heterocycles. The Bertz CT molecular complexity index is 1510. The molecule has 2 aromatic carbocycles. The Morgan fingerprint density at radius 2 is 1.77 bits per heavy atom. The number of aryl methyl sites for hydroxylation is 1. The number of H-pyrrole nitrogens is 2. The number of halogens is 3. The predicted molar refractivity (Wildman–Crippen MR) is 108 cm³/mol. The number of aromatic amines is 2. The number of benzene rings is 2. The van der Waals surface area contributed by atoms with Gasteiger partial charge in [0.05, 0.1) is 22.3 Å². The van der Waals surface area contributed by atoms with Gasteiger partial charge in [-0.1, -0.05) is 30.3 Å². The molecular weight excluding hydrogens is 411 g/mol. The van der Waals surface area contributed by atoms with Crippen LogP contribution in [0.1, 0.15) is 11.4 Å². The molecule has 0 unspecified atom stereocenters. The summed E-state index contributed by atoms with van der Waals surface area (Å²) in [5.41, 5.74) is -0.607. The predicted octanol–water partition coefficient (Wildman–Crippen LogP) is 4.27. The molecule has 0 amide bonds. The first-order chi connectivity index (χ1) is 14.7. The maximum absolute atomic E-state index is 13.8. The smallest absolute Gasteiger partial charge is 0.433 e. The van der Waals surface area contributed by atoms with Gasteiger partial charge in [0.2, 0.25) is 0 Å². The zero-order valence-electron chi connectivity index (χ0n) is 15.9. The minimum atomic E-state index is -4.73. The fraction of sp³-hybridized carbons (Fsp3) is 0.0952. The van der Waals surface area contributed by atoms with E-state index in [9.17, 15) is 23.1 Å². The van der Waals surface area contributed by atoms with Gasteiger partial charge in [0.1, 0.15) is 22.8 Å². The molecule has 3 N–H and O–H groups in total. The topological polar surface area (TPSA) is 99.1 Å². The standard InChI is InChI=1S/C21H14F3N5O2/c1-10-15(18-26-13-8-7-12(30)9-14(13)27-18)20(31)29-19(25-10)16(11-5-3-2-4-6-11)17(28-29)21(22,23)24/h2-9,28,30H,1H3,(H,26,27). The molecule has 0 radical (unpaired) electrons. The Kier molecular flexibility index (Phi) is 3.94. The van der Waals surface area contributed by atoms with E-state index in [0.29, 0.717) is 11.0 Å². The molecule has 0 saturated carbocycles. The molecule has 0 fully saturated rings. The molecule has 0 bridgehead atoms. The summed E-state index contributed by atoms with van der Waals surface area (Å²) in [7, 11) is 0. The molecule has 7 nitrogen and oxygen atoms in total. The average molecular weight is 425 g/mol. The highest BCUT2D eigenvalue weighted by Gasteiger charge is 2.38. The van der Waals surface area contributed by atoms with Crippen LogP contribution in [0.5, 0.6) is 5.75 Å². The number of phenols is 1. The number of hydrogen-bond acceptors (Lipinski definition) is 4. The van der Waals surface area contributed by atoms with Gasteiger partial charge in [-0.05, 0) is 24.6 Å². The van der Waals surface area contributed by atoms with E-state index in [1.54, 1.807) is 24.3 Å². The summed E-state index contributed by atoms with van der Waals surface area (Å²) in [5, 5.41) is 11.8. The van der Waals surface area contributed by atoms with E-state index >= 15 is 0 Å². The highest BCUT2D eigenvalue weighted by molar-refractivity contribution is 5.83. The summed E-state index contributed by atoms with van der Waals surface area (Å²) in [4.78, 5) is 24.8. The van der Waals surface area contributed by atoms with Crippen molar-refractivity contribution in [3.63, 3.8) is 0 Å². The first-order valence-corrected chi connectivity index (χ1v) is 9.21. The Labute approximate surface area is 171 Å². The van der Waals surface area contributed by atoms with Crippen molar-refractivity contribution in [2.75, 3.05) is 0 Å². The maximum atomic E-state index is 13.8. The van der Waals surface area contributed by atoms with Gasteiger partial charge in [-0.15, -0.1) is 0 Å². The quantitative estimate of drug-likeness (QED) is 0.393. The molecule has 10 heteroatoms. The second-order valence-electron chi connectivity index (χ2n) is 7.05. The largest absolute Gasteiger partial charge is 0.508 e. The number of aromatic nitrogens is 5. The number of imidazole rings is 1. The second kappa shape index (κ2) is 6.46. The number of hydrogen-bond donors (Lipinski definition) is 3. The highest BCUT2D eigenvalue weighted by atomic mass is 19.4. The van der Waals surface area contributed by atoms with Gasteiger partial charge in [-0.25, -0.2) is 9.97 Å². The molecule has 0 aliphatic carbocycles. The zero-order valence-corrected chi connectivity index (χ0v) is 15.9. The summed E-state index contributed by atoms with van der Waals surface area (Å²) >= 11 is 0. The number of nitrogens with zero attached hydrogens (tertiary/aromatic N) is 3. The van der Waals surface area contributed by atoms with Gasteiger partial charge < -0.3 is 10.1 Å². The van der Waals surface area contributed by atoms with Crippen molar-refractivity contribution >= 4 is 16.7 Å². The van der Waals surface area contributed by atoms with Crippen LogP contribution in [0.2, 0.25) is 0 Å². The van der Waals surface area contributed by atoms with Crippen molar-refractivity contribution in [3.8, 4) is 28.3 Å². The molecule has 0 aliphatic heterocycles. The molecule has 31 heavy (non-hydrogen) atoms. The number of phenolic OH excluding ortho intramolecular Hbond substituents is 1. The van der Waals surface area contributed by atoms with Gasteiger partial charge in [-0.3, -0.25) is 9.89 Å². The van der Waals surface area contributed by atoms with Crippen LogP contribution in [0.3, 0.4) is 0 Å². The number of fused-ring (bicyclic) bond motifs is 2. The summed E-state index contributed by atoms with van der Waals surface area (Å²) in [6.07, 6.45) is -4.73. The first-order valence-electron chi connectivity index (χ1n) is 9.21. The molecule has 0 aliphatic rings. The van der Waals surface area contributed by atoms with Crippen LogP contribution in [0.15, 0.2) is 53.3 Å². The summed E-state index contributed by atoms with van der Waals surface area (Å²) in [6.45, 7) is 1.54. The first kappa shape index (κ1) is 18.9. The van der Waals surface area contributed by atoms with Crippen molar-refractivity contribution < 1.29 is 18.3 Å². The fourth-order valence-corrected chi connectivity index (χ4v) is 3.65. The van der Waals surface area contributed by atoms with E-state index in [1.165, 1.54) is 31.2 Å². The van der Waals surface area contributed by atoms with E-state index in [-0.39, 0.29) is 39.6 Å². The van der Waals surface area contributed by atoms with E-state index in [2.05, 4.69) is 20.1 Å². The van der Waals surface area contributed by atoms with Crippen molar-refractivity contribution in [2.24, 2.45) is 0 Å². The number of alkyl halides is 3. The Morgan fingerprint density at radius 1 is 1.03 bits per heavy atom. The van der Waals surface area contributed by atoms with Gasteiger partial charge in [0.15, 0.2) is 5.65 Å². The van der Waals surface area contributed by atoms with Crippen LogP contribution in [0, 0.1) is 6.92 Å². The molecule has 0 spiro atoms. The van der Waals surface area contributed by atoms with Crippen LogP contribution in [0.25, 0.3) is 39.2 Å². The monoisotopic (exact) mass is 425 g/mol. The number of rotatable bonds is 2. The van der Waals surface area contributed by atoms with Crippen LogP contribution in [-0.4, -0.2) is 29.7 Å². The van der Waals surface area contributed by atoms with Crippen LogP contribution in [0.4, 0.5) is 13.2 Å². The minimum Gasteiger partial charge on any atom is -0.508 e. The van der Waals surface area contributed by atoms with Crippen molar-refractivity contribution in [2.45, 2.75) is 13.1 Å². The van der Waals surface area contributed by atoms with Gasteiger partial charge >= 0.3 is 6.18 Å². The van der Waals surface area contributed by atoms with Gasteiger partial charge in [0.25, 0.3) is 5.56 Å². The van der Waals surface area contributed by atoms with Crippen molar-refractivity contribution in [1.82, 2.24) is 24.6 Å². The highest BCUT2D eigenvalue weighted by Crippen LogP contribution is 2.38. The third kappa shape index (κ3) is 2.95. The van der Waals surface area contributed by atoms with Crippen molar-refractivity contribution in [1.29, 1.82) is 0 Å².